The van der Waals surface area contributed by atoms with Crippen molar-refractivity contribution in [2.45, 2.75) is 0 Å². The minimum Gasteiger partial charge on any atom is -0.399 e. The van der Waals surface area contributed by atoms with Crippen molar-refractivity contribution in [1.29, 1.82) is 0 Å². The Morgan fingerprint density at radius 3 is 2.35 bits per heavy atom. The van der Waals surface area contributed by atoms with E-state index in [4.69, 9.17) is 5.73 Å². The van der Waals surface area contributed by atoms with Crippen LogP contribution in [0.1, 0.15) is 26.3 Å². The summed E-state index contributed by atoms with van der Waals surface area (Å²) in [5, 5.41) is 10.7. The molecule has 6 heteroatoms. The maximum absolute atomic E-state index is 12.3. The van der Waals surface area contributed by atoms with E-state index in [9.17, 15) is 19.7 Å². The number of aldehydes is 1. The van der Waals surface area contributed by atoms with Crippen LogP contribution in [-0.4, -0.2) is 17.0 Å². The number of nitrogens with two attached hydrogens (primary N) is 1. The zero-order chi connectivity index (χ0) is 14.7. The molecule has 100 valence electrons. The molecule has 0 bridgehead atoms. The summed E-state index contributed by atoms with van der Waals surface area (Å²) in [6, 6.07) is 9.65. The lowest BCUT2D eigenvalue weighted by Gasteiger charge is -2.04. The van der Waals surface area contributed by atoms with Crippen molar-refractivity contribution in [3.05, 3.63) is 69.3 Å². The quantitative estimate of drug-likeness (QED) is 0.301. The van der Waals surface area contributed by atoms with Crippen molar-refractivity contribution in [2.75, 3.05) is 5.73 Å². The zero-order valence-corrected chi connectivity index (χ0v) is 10.3. The second-order valence-corrected chi connectivity index (χ2v) is 4.10. The first-order valence-electron chi connectivity index (χ1n) is 5.67. The smallest absolute Gasteiger partial charge is 0.270 e. The van der Waals surface area contributed by atoms with E-state index in [2.05, 4.69) is 0 Å². The Morgan fingerprint density at radius 2 is 1.80 bits per heavy atom. The molecule has 0 amide bonds. The van der Waals surface area contributed by atoms with Gasteiger partial charge in [0.1, 0.15) is 0 Å². The molecule has 0 atom stereocenters. The minimum absolute atomic E-state index is 0.000952. The number of nitro benzene ring substituents is 1. The molecule has 20 heavy (non-hydrogen) atoms. The van der Waals surface area contributed by atoms with Crippen molar-refractivity contribution in [3.63, 3.8) is 0 Å². The third-order valence-electron chi connectivity index (χ3n) is 2.79. The predicted molar refractivity (Wildman–Crippen MR) is 72.8 cm³/mol. The molecule has 2 aromatic carbocycles. The summed E-state index contributed by atoms with van der Waals surface area (Å²) >= 11 is 0. The van der Waals surface area contributed by atoms with Gasteiger partial charge in [0.15, 0.2) is 12.1 Å². The van der Waals surface area contributed by atoms with Crippen LogP contribution in [0.4, 0.5) is 11.4 Å². The number of hydrogen-bond acceptors (Lipinski definition) is 5. The van der Waals surface area contributed by atoms with Gasteiger partial charge in [0.05, 0.1) is 4.92 Å². The fourth-order valence-corrected chi connectivity index (χ4v) is 1.75. The van der Waals surface area contributed by atoms with Crippen LogP contribution in [0.25, 0.3) is 0 Å². The summed E-state index contributed by atoms with van der Waals surface area (Å²) in [5.41, 5.74) is 6.20. The van der Waals surface area contributed by atoms with Crippen molar-refractivity contribution in [2.24, 2.45) is 0 Å². The molecular weight excluding hydrogens is 260 g/mol. The van der Waals surface area contributed by atoms with Crippen molar-refractivity contribution < 1.29 is 14.5 Å². The first kappa shape index (κ1) is 13.4. The molecule has 2 rings (SSSR count). The van der Waals surface area contributed by atoms with Crippen LogP contribution >= 0.6 is 0 Å². The van der Waals surface area contributed by atoms with Crippen molar-refractivity contribution in [1.82, 2.24) is 0 Å². The highest BCUT2D eigenvalue weighted by molar-refractivity contribution is 6.13. The van der Waals surface area contributed by atoms with E-state index < -0.39 is 10.7 Å². The lowest BCUT2D eigenvalue weighted by atomic mass is 9.98. The molecule has 0 spiro atoms. The number of hydrogen-bond donors (Lipinski definition) is 1. The monoisotopic (exact) mass is 270 g/mol. The molecule has 0 aliphatic heterocycles. The predicted octanol–water partition coefficient (Wildman–Crippen LogP) is 2.22. The van der Waals surface area contributed by atoms with Gasteiger partial charge in [0.25, 0.3) is 5.69 Å². The van der Waals surface area contributed by atoms with Crippen LogP contribution in [0.3, 0.4) is 0 Å². The number of carbonyl (C=O) groups is 2. The van der Waals surface area contributed by atoms with Gasteiger partial charge in [-0.1, -0.05) is 0 Å². The Hall–Kier alpha value is -3.02. The van der Waals surface area contributed by atoms with Crippen LogP contribution in [0.15, 0.2) is 42.5 Å². The normalized spacial score (nSPS) is 10.0. The summed E-state index contributed by atoms with van der Waals surface area (Å²) in [6.07, 6.45) is 0.494. The van der Waals surface area contributed by atoms with E-state index in [1.807, 2.05) is 0 Å². The average molecular weight is 270 g/mol. The minimum atomic E-state index is -0.617. The molecular formula is C14H10N2O4. The van der Waals surface area contributed by atoms with E-state index in [1.165, 1.54) is 24.3 Å². The SMILES string of the molecule is Nc1ccc(C(=O)c2cc([N+](=O)[O-])ccc2C=O)cc1. The van der Waals surface area contributed by atoms with Crippen LogP contribution in [0, 0.1) is 10.1 Å². The molecule has 0 saturated heterocycles. The number of nitro groups is 1. The molecule has 0 aromatic heterocycles. The van der Waals surface area contributed by atoms with E-state index in [-0.39, 0.29) is 16.8 Å². The number of nitrogens with zero attached hydrogens (tertiary/aromatic N) is 1. The second kappa shape index (κ2) is 5.31. The van der Waals surface area contributed by atoms with Crippen LogP contribution in [-0.2, 0) is 0 Å². The number of rotatable bonds is 4. The summed E-state index contributed by atoms with van der Waals surface area (Å²) in [4.78, 5) is 33.4. The fraction of sp³-hybridized carbons (Fsp3) is 0. The Labute approximate surface area is 114 Å². The topological polar surface area (TPSA) is 103 Å². The molecule has 0 radical (unpaired) electrons. The Morgan fingerprint density at radius 1 is 1.15 bits per heavy atom. The summed E-state index contributed by atoms with van der Waals surface area (Å²) in [6.45, 7) is 0. The first-order valence-corrected chi connectivity index (χ1v) is 5.67. The molecule has 0 aliphatic carbocycles. The van der Waals surface area contributed by atoms with Crippen LogP contribution in [0.5, 0.6) is 0 Å². The van der Waals surface area contributed by atoms with E-state index in [0.29, 0.717) is 17.5 Å². The highest BCUT2D eigenvalue weighted by atomic mass is 16.6. The van der Waals surface area contributed by atoms with Gasteiger partial charge in [0.2, 0.25) is 0 Å². The standard InChI is InChI=1S/C14H10N2O4/c15-11-4-1-9(2-5-11)14(18)13-7-12(16(19)20)6-3-10(13)8-17/h1-8H,15H2. The van der Waals surface area contributed by atoms with Gasteiger partial charge in [-0.3, -0.25) is 19.7 Å². The first-order chi connectivity index (χ1) is 9.52. The molecule has 6 nitrogen and oxygen atoms in total. The number of benzene rings is 2. The average Bonchev–Trinajstić information content (AvgIpc) is 2.46. The number of non-ortho nitro benzene ring substituents is 1. The summed E-state index contributed by atoms with van der Waals surface area (Å²) in [7, 11) is 0. The van der Waals surface area contributed by atoms with E-state index >= 15 is 0 Å². The third kappa shape index (κ3) is 2.54. The van der Waals surface area contributed by atoms with Crippen LogP contribution < -0.4 is 5.73 Å². The number of anilines is 1. The largest absolute Gasteiger partial charge is 0.399 e. The fourth-order valence-electron chi connectivity index (χ4n) is 1.75. The van der Waals surface area contributed by atoms with Crippen molar-refractivity contribution >= 4 is 23.4 Å². The molecule has 0 saturated carbocycles. The van der Waals surface area contributed by atoms with Gasteiger partial charge in [-0.2, -0.15) is 0 Å². The van der Waals surface area contributed by atoms with Gasteiger partial charge in [-0.25, -0.2) is 0 Å². The number of ketones is 1. The number of carbonyl (C=O) groups excluding carboxylic acids is 2. The number of nitrogen functional groups attached to an aromatic ring is 1. The second-order valence-electron chi connectivity index (χ2n) is 4.10. The van der Waals surface area contributed by atoms with Gasteiger partial charge in [0, 0.05) is 34.5 Å². The lowest BCUT2D eigenvalue weighted by molar-refractivity contribution is -0.384. The molecule has 0 aliphatic rings. The lowest BCUT2D eigenvalue weighted by Crippen LogP contribution is -2.06. The zero-order valence-electron chi connectivity index (χ0n) is 10.3. The summed E-state index contributed by atoms with van der Waals surface area (Å²) < 4.78 is 0. The Balaban J connectivity index is 2.52. The van der Waals surface area contributed by atoms with Gasteiger partial charge in [-0.15, -0.1) is 0 Å². The maximum atomic E-state index is 12.3. The Kier molecular flexibility index (Phi) is 3.56. The third-order valence-corrected chi connectivity index (χ3v) is 2.79. The molecule has 0 unspecified atom stereocenters. The van der Waals surface area contributed by atoms with E-state index in [1.54, 1.807) is 12.1 Å². The molecule has 0 fully saturated rings. The van der Waals surface area contributed by atoms with Crippen molar-refractivity contribution in [3.8, 4) is 0 Å². The maximum Gasteiger partial charge on any atom is 0.270 e. The molecule has 2 N–H and O–H groups in total. The van der Waals surface area contributed by atoms with Gasteiger partial charge < -0.3 is 5.73 Å². The Bertz CT molecular complexity index is 693. The highest BCUT2D eigenvalue weighted by Crippen LogP contribution is 2.20. The van der Waals surface area contributed by atoms with Gasteiger partial charge >= 0.3 is 0 Å². The highest BCUT2D eigenvalue weighted by Gasteiger charge is 2.17. The van der Waals surface area contributed by atoms with Crippen LogP contribution in [0.2, 0.25) is 0 Å². The van der Waals surface area contributed by atoms with E-state index in [0.717, 1.165) is 6.07 Å². The molecule has 2 aromatic rings. The van der Waals surface area contributed by atoms with Gasteiger partial charge in [-0.05, 0) is 30.3 Å². The summed E-state index contributed by atoms with van der Waals surface area (Å²) in [5.74, 6) is -0.462. The molecule has 0 heterocycles.